The lowest BCUT2D eigenvalue weighted by atomic mass is 9.84. The van der Waals surface area contributed by atoms with Crippen LogP contribution in [0.25, 0.3) is 0 Å². The minimum Gasteiger partial charge on any atom is -0.486 e. The largest absolute Gasteiger partial charge is 0.486 e. The number of benzene rings is 1. The minimum absolute atomic E-state index is 0.0272. The molecule has 3 unspecified atom stereocenters. The van der Waals surface area contributed by atoms with Gasteiger partial charge in [-0.3, -0.25) is 4.79 Å². The molecule has 4 heteroatoms. The first-order valence-corrected chi connectivity index (χ1v) is 8.01. The second kappa shape index (κ2) is 5.34. The van der Waals surface area contributed by atoms with Crippen LogP contribution in [0.3, 0.4) is 0 Å². The summed E-state index contributed by atoms with van der Waals surface area (Å²) in [5.74, 6) is 2.32. The maximum absolute atomic E-state index is 12.7. The molecular formula is C17H21NO3. The summed E-state index contributed by atoms with van der Waals surface area (Å²) in [7, 11) is 0. The van der Waals surface area contributed by atoms with Crippen LogP contribution in [0, 0.1) is 5.92 Å². The van der Waals surface area contributed by atoms with Crippen molar-refractivity contribution in [1.29, 1.82) is 0 Å². The number of fused-ring (bicyclic) bond motifs is 2. The normalized spacial score (nSPS) is 30.8. The zero-order chi connectivity index (χ0) is 14.2. The second-order valence-corrected chi connectivity index (χ2v) is 6.33. The van der Waals surface area contributed by atoms with Crippen LogP contribution in [0.4, 0.5) is 0 Å². The number of nitrogens with one attached hydrogen (secondary N) is 1. The Kier molecular flexibility index (Phi) is 3.34. The Hall–Kier alpha value is -1.55. The number of ketones is 1. The van der Waals surface area contributed by atoms with Gasteiger partial charge < -0.3 is 14.8 Å². The SMILES string of the molecule is O=C(c1ccc2c(c1)OCCO2)C1CC2CCCCC2N1. The number of rotatable bonds is 2. The molecule has 0 radical (unpaired) electrons. The van der Waals surface area contributed by atoms with Gasteiger partial charge in [0.15, 0.2) is 17.3 Å². The minimum atomic E-state index is -0.0272. The Morgan fingerprint density at radius 2 is 1.90 bits per heavy atom. The van der Waals surface area contributed by atoms with Gasteiger partial charge in [0.05, 0.1) is 6.04 Å². The summed E-state index contributed by atoms with van der Waals surface area (Å²) >= 11 is 0. The quantitative estimate of drug-likeness (QED) is 0.849. The maximum Gasteiger partial charge on any atom is 0.179 e. The van der Waals surface area contributed by atoms with E-state index in [0.29, 0.717) is 30.9 Å². The molecule has 21 heavy (non-hydrogen) atoms. The third kappa shape index (κ3) is 2.42. The Bertz CT molecular complexity index is 543. The summed E-state index contributed by atoms with van der Waals surface area (Å²) in [5.41, 5.74) is 0.732. The fourth-order valence-electron chi connectivity index (χ4n) is 3.92. The first-order valence-electron chi connectivity index (χ1n) is 8.01. The lowest BCUT2D eigenvalue weighted by Gasteiger charge is -2.24. The van der Waals surface area contributed by atoms with Crippen molar-refractivity contribution in [3.8, 4) is 11.5 Å². The number of hydrogen-bond acceptors (Lipinski definition) is 4. The van der Waals surface area contributed by atoms with E-state index in [1.165, 1.54) is 25.7 Å². The van der Waals surface area contributed by atoms with Crippen LogP contribution >= 0.6 is 0 Å². The van der Waals surface area contributed by atoms with E-state index in [1.807, 2.05) is 18.2 Å². The van der Waals surface area contributed by atoms with E-state index in [2.05, 4.69) is 5.32 Å². The van der Waals surface area contributed by atoms with E-state index >= 15 is 0 Å². The van der Waals surface area contributed by atoms with E-state index in [1.54, 1.807) is 0 Å². The highest BCUT2D eigenvalue weighted by molar-refractivity contribution is 6.00. The second-order valence-electron chi connectivity index (χ2n) is 6.33. The molecular weight excluding hydrogens is 266 g/mol. The Labute approximate surface area is 124 Å². The van der Waals surface area contributed by atoms with E-state index in [4.69, 9.17) is 9.47 Å². The van der Waals surface area contributed by atoms with Crippen LogP contribution in [0.2, 0.25) is 0 Å². The van der Waals surface area contributed by atoms with E-state index in [9.17, 15) is 4.79 Å². The van der Waals surface area contributed by atoms with Crippen LogP contribution in [-0.2, 0) is 0 Å². The molecule has 3 aliphatic rings. The average Bonchev–Trinajstić information content (AvgIpc) is 2.97. The zero-order valence-electron chi connectivity index (χ0n) is 12.1. The van der Waals surface area contributed by atoms with Crippen LogP contribution in [-0.4, -0.2) is 31.1 Å². The molecule has 1 saturated carbocycles. The standard InChI is InChI=1S/C17H21NO3/c19-17(14-9-11-3-1-2-4-13(11)18-14)12-5-6-15-16(10-12)21-8-7-20-15/h5-6,10-11,13-14,18H,1-4,7-9H2. The Morgan fingerprint density at radius 1 is 1.10 bits per heavy atom. The van der Waals surface area contributed by atoms with E-state index in [-0.39, 0.29) is 11.8 Å². The molecule has 1 N–H and O–H groups in total. The van der Waals surface area contributed by atoms with Crippen molar-refractivity contribution in [2.24, 2.45) is 5.92 Å². The highest BCUT2D eigenvalue weighted by atomic mass is 16.6. The molecule has 2 heterocycles. The number of hydrogen-bond donors (Lipinski definition) is 1. The molecule has 1 aliphatic carbocycles. The monoisotopic (exact) mass is 287 g/mol. The van der Waals surface area contributed by atoms with Gasteiger partial charge in [-0.1, -0.05) is 12.8 Å². The van der Waals surface area contributed by atoms with Crippen molar-refractivity contribution in [2.75, 3.05) is 13.2 Å². The number of carbonyl (C=O) groups excluding carboxylic acids is 1. The fourth-order valence-corrected chi connectivity index (χ4v) is 3.92. The van der Waals surface area contributed by atoms with E-state index in [0.717, 1.165) is 17.7 Å². The zero-order valence-corrected chi connectivity index (χ0v) is 12.1. The molecule has 3 atom stereocenters. The van der Waals surface area contributed by atoms with E-state index < -0.39 is 0 Å². The van der Waals surface area contributed by atoms with Gasteiger partial charge >= 0.3 is 0 Å². The molecule has 1 aromatic rings. The van der Waals surface area contributed by atoms with Crippen molar-refractivity contribution in [2.45, 2.75) is 44.2 Å². The predicted molar refractivity (Wildman–Crippen MR) is 79.0 cm³/mol. The van der Waals surface area contributed by atoms with Crippen molar-refractivity contribution < 1.29 is 14.3 Å². The van der Waals surface area contributed by atoms with Crippen LogP contribution < -0.4 is 14.8 Å². The molecule has 1 saturated heterocycles. The fraction of sp³-hybridized carbons (Fsp3) is 0.588. The molecule has 4 rings (SSSR count). The first kappa shape index (κ1) is 13.1. The van der Waals surface area contributed by atoms with Crippen molar-refractivity contribution in [3.05, 3.63) is 23.8 Å². The lowest BCUT2D eigenvalue weighted by Crippen LogP contribution is -2.37. The Morgan fingerprint density at radius 3 is 2.76 bits per heavy atom. The summed E-state index contributed by atoms with van der Waals surface area (Å²) < 4.78 is 11.1. The lowest BCUT2D eigenvalue weighted by molar-refractivity contribution is 0.0948. The highest BCUT2D eigenvalue weighted by Gasteiger charge is 2.38. The Balaban J connectivity index is 1.52. The summed E-state index contributed by atoms with van der Waals surface area (Å²) in [6.07, 6.45) is 6.07. The molecule has 1 aromatic carbocycles. The number of Topliss-reactive ketones (excluding diaryl/α,β-unsaturated/α-hetero) is 1. The van der Waals surface area contributed by atoms with Crippen LogP contribution in [0.15, 0.2) is 18.2 Å². The molecule has 2 aliphatic heterocycles. The topological polar surface area (TPSA) is 47.6 Å². The molecule has 0 amide bonds. The first-order chi connectivity index (χ1) is 10.3. The molecule has 2 fully saturated rings. The summed E-state index contributed by atoms with van der Waals surface area (Å²) in [4.78, 5) is 12.7. The number of carbonyl (C=O) groups is 1. The van der Waals surface area contributed by atoms with Gasteiger partial charge in [-0.2, -0.15) is 0 Å². The van der Waals surface area contributed by atoms with Gasteiger partial charge in [0.25, 0.3) is 0 Å². The smallest absolute Gasteiger partial charge is 0.179 e. The number of ether oxygens (including phenoxy) is 2. The third-order valence-electron chi connectivity index (χ3n) is 5.01. The predicted octanol–water partition coefficient (Wildman–Crippen LogP) is 2.56. The molecule has 0 bridgehead atoms. The third-order valence-corrected chi connectivity index (χ3v) is 5.01. The van der Waals surface area contributed by atoms with Gasteiger partial charge in [-0.25, -0.2) is 0 Å². The summed E-state index contributed by atoms with van der Waals surface area (Å²) in [5, 5.41) is 3.55. The highest BCUT2D eigenvalue weighted by Crippen LogP contribution is 2.35. The van der Waals surface area contributed by atoms with Gasteiger partial charge in [-0.05, 0) is 43.4 Å². The van der Waals surface area contributed by atoms with Gasteiger partial charge in [-0.15, -0.1) is 0 Å². The molecule has 0 spiro atoms. The summed E-state index contributed by atoms with van der Waals surface area (Å²) in [6, 6.07) is 6.06. The maximum atomic E-state index is 12.7. The molecule has 112 valence electrons. The van der Waals surface area contributed by atoms with Crippen LogP contribution in [0.1, 0.15) is 42.5 Å². The van der Waals surface area contributed by atoms with Gasteiger partial charge in [0.2, 0.25) is 0 Å². The van der Waals surface area contributed by atoms with Gasteiger partial charge in [0.1, 0.15) is 13.2 Å². The average molecular weight is 287 g/mol. The molecule has 4 nitrogen and oxygen atoms in total. The van der Waals surface area contributed by atoms with Crippen LogP contribution in [0.5, 0.6) is 11.5 Å². The van der Waals surface area contributed by atoms with Crippen molar-refractivity contribution >= 4 is 5.78 Å². The van der Waals surface area contributed by atoms with Gasteiger partial charge in [0, 0.05) is 11.6 Å². The summed E-state index contributed by atoms with van der Waals surface area (Å²) in [6.45, 7) is 1.13. The van der Waals surface area contributed by atoms with Crippen molar-refractivity contribution in [1.82, 2.24) is 5.32 Å². The molecule has 0 aromatic heterocycles. The van der Waals surface area contributed by atoms with Crippen molar-refractivity contribution in [3.63, 3.8) is 0 Å².